The van der Waals surface area contributed by atoms with Crippen molar-refractivity contribution < 1.29 is 49.3 Å². The smallest absolute Gasteiger partial charge is 0.323 e. The minimum atomic E-state index is -1.59. The Morgan fingerprint density at radius 2 is 1.94 bits per heavy atom. The molecule has 1 aromatic rings. The number of hydrogen-bond donors (Lipinski definition) is 6. The van der Waals surface area contributed by atoms with Gasteiger partial charge in [0.25, 0.3) is 5.91 Å². The monoisotopic (exact) mass is 504 g/mol. The van der Waals surface area contributed by atoms with Crippen molar-refractivity contribution in [3.63, 3.8) is 0 Å². The highest BCUT2D eigenvalue weighted by atomic mass is 32.2. The molecule has 0 radical (unpaired) electrons. The molecule has 14 heteroatoms. The Labute approximate surface area is 197 Å². The number of ether oxygens (including phenoxy) is 3. The molecular weight excluding hydrogens is 480 g/mol. The van der Waals surface area contributed by atoms with Gasteiger partial charge in [0.1, 0.15) is 35.3 Å². The highest BCUT2D eigenvalue weighted by Gasteiger charge is 2.45. The molecule has 0 bridgehead atoms. The van der Waals surface area contributed by atoms with Gasteiger partial charge in [-0.2, -0.15) is 0 Å². The Balaban J connectivity index is 0.00000385. The van der Waals surface area contributed by atoms with Crippen molar-refractivity contribution in [1.82, 2.24) is 11.1 Å². The number of thiocarbonyl (C=S) groups is 1. The largest absolute Gasteiger partial charge is 0.493 e. The summed E-state index contributed by atoms with van der Waals surface area (Å²) in [6.45, 7) is -1.13. The van der Waals surface area contributed by atoms with Crippen LogP contribution in [0.15, 0.2) is 23.1 Å². The zero-order valence-electron chi connectivity index (χ0n) is 17.4. The van der Waals surface area contributed by atoms with E-state index in [-0.39, 0.29) is 26.9 Å². The number of rotatable bonds is 7. The van der Waals surface area contributed by atoms with E-state index in [0.717, 1.165) is 16.7 Å². The standard InChI is InChI=1S/C19H21NO10S2.H3N/c1-28-10-4-8(5-12-17(27)20(6-13(22)23)19(31)32-12)2-3-9(10)29-18-16(26)15(25)14(24)11(7-21)30-18;/h2-5,11,14-16,18,21,24-26H,6-7H2,1H3,(H,22,23);1H3/t11-,14+,15+,16-,18-;/m1./s1. The summed E-state index contributed by atoms with van der Waals surface area (Å²) in [5, 5.41) is 48.1. The molecule has 3 rings (SSSR count). The minimum absolute atomic E-state index is 0. The van der Waals surface area contributed by atoms with Gasteiger partial charge in [-0.15, -0.1) is 0 Å². The first-order valence-corrected chi connectivity index (χ1v) is 10.5. The maximum atomic E-state index is 12.4. The van der Waals surface area contributed by atoms with Gasteiger partial charge < -0.3 is 45.9 Å². The molecule has 2 aliphatic heterocycles. The summed E-state index contributed by atoms with van der Waals surface area (Å²) in [5.74, 6) is -1.37. The second kappa shape index (κ2) is 11.2. The highest BCUT2D eigenvalue weighted by Crippen LogP contribution is 2.35. The predicted molar refractivity (Wildman–Crippen MR) is 120 cm³/mol. The summed E-state index contributed by atoms with van der Waals surface area (Å²) >= 11 is 6.04. The molecular formula is C19H24N2O10S2. The molecule has 2 aliphatic rings. The van der Waals surface area contributed by atoms with E-state index < -0.39 is 55.7 Å². The number of carbonyl (C=O) groups is 2. The van der Waals surface area contributed by atoms with Crippen molar-refractivity contribution in [3.8, 4) is 11.5 Å². The number of hydrogen-bond acceptors (Lipinski definition) is 12. The van der Waals surface area contributed by atoms with Crippen molar-refractivity contribution in [2.75, 3.05) is 20.3 Å². The number of aliphatic hydroxyl groups excluding tert-OH is 4. The van der Waals surface area contributed by atoms with Gasteiger partial charge in [-0.1, -0.05) is 30.0 Å². The number of carbonyl (C=O) groups excluding carboxylic acids is 1. The van der Waals surface area contributed by atoms with E-state index in [2.05, 4.69) is 0 Å². The number of thioether (sulfide) groups is 1. The Bertz CT molecular complexity index is 941. The second-order valence-electron chi connectivity index (χ2n) is 6.89. The summed E-state index contributed by atoms with van der Waals surface area (Å²) in [7, 11) is 1.37. The van der Waals surface area contributed by atoms with Crippen LogP contribution < -0.4 is 15.6 Å². The van der Waals surface area contributed by atoms with E-state index in [9.17, 15) is 30.0 Å². The summed E-state index contributed by atoms with van der Waals surface area (Å²) in [4.78, 5) is 24.6. The van der Waals surface area contributed by atoms with E-state index in [1.54, 1.807) is 6.07 Å². The molecule has 2 fully saturated rings. The van der Waals surface area contributed by atoms with Crippen LogP contribution in [0.4, 0.5) is 0 Å². The van der Waals surface area contributed by atoms with Crippen molar-refractivity contribution >= 4 is 46.3 Å². The van der Waals surface area contributed by atoms with Gasteiger partial charge in [0.2, 0.25) is 6.29 Å². The van der Waals surface area contributed by atoms with Crippen LogP contribution in [0, 0.1) is 0 Å². The van der Waals surface area contributed by atoms with Gasteiger partial charge in [-0.25, -0.2) is 0 Å². The molecule has 182 valence electrons. The SMILES string of the molecule is COc1cc(C=C2SC(=S)N(CC(=O)O)C2=O)ccc1O[C@@H]1O[C@H](CO)[C@H](O)[C@H](O)[C@H]1O.N. The molecule has 0 spiro atoms. The number of carboxylic acids is 1. The first-order valence-electron chi connectivity index (χ1n) is 9.28. The van der Waals surface area contributed by atoms with E-state index in [1.165, 1.54) is 25.3 Å². The Kier molecular flexibility index (Phi) is 9.16. The fraction of sp³-hybridized carbons (Fsp3) is 0.421. The first kappa shape index (κ1) is 26.9. The number of aliphatic hydroxyl groups is 4. The van der Waals surface area contributed by atoms with Crippen LogP contribution in [-0.4, -0.2) is 97.6 Å². The van der Waals surface area contributed by atoms with Gasteiger partial charge in [0.15, 0.2) is 11.5 Å². The topological polar surface area (TPSA) is 201 Å². The van der Waals surface area contributed by atoms with Crippen molar-refractivity contribution in [1.29, 1.82) is 0 Å². The fourth-order valence-corrected chi connectivity index (χ4v) is 4.34. The molecule has 2 heterocycles. The molecule has 33 heavy (non-hydrogen) atoms. The van der Waals surface area contributed by atoms with Gasteiger partial charge in [-0.3, -0.25) is 14.5 Å². The zero-order valence-corrected chi connectivity index (χ0v) is 19.0. The molecule has 1 aromatic carbocycles. The molecule has 0 aliphatic carbocycles. The average Bonchev–Trinajstić information content (AvgIpc) is 3.01. The van der Waals surface area contributed by atoms with Crippen LogP contribution in [0.2, 0.25) is 0 Å². The Morgan fingerprint density at radius 1 is 1.24 bits per heavy atom. The third kappa shape index (κ3) is 5.80. The molecule has 2 saturated heterocycles. The van der Waals surface area contributed by atoms with Gasteiger partial charge >= 0.3 is 5.97 Å². The highest BCUT2D eigenvalue weighted by molar-refractivity contribution is 8.26. The molecule has 1 amide bonds. The lowest BCUT2D eigenvalue weighted by Crippen LogP contribution is -2.60. The second-order valence-corrected chi connectivity index (χ2v) is 8.56. The summed E-state index contributed by atoms with van der Waals surface area (Å²) < 4.78 is 16.4. The van der Waals surface area contributed by atoms with E-state index in [1.807, 2.05) is 0 Å². The molecule has 0 unspecified atom stereocenters. The number of nitrogens with zero attached hydrogens (tertiary/aromatic N) is 1. The van der Waals surface area contributed by atoms with Crippen molar-refractivity contribution in [2.24, 2.45) is 0 Å². The number of amides is 1. The van der Waals surface area contributed by atoms with Crippen LogP contribution in [-0.2, 0) is 14.3 Å². The number of carboxylic acid groups (broad SMARTS) is 1. The Hall–Kier alpha value is -2.30. The third-order valence-corrected chi connectivity index (χ3v) is 6.12. The summed E-state index contributed by atoms with van der Waals surface area (Å²) in [6.07, 6.45) is -5.70. The summed E-state index contributed by atoms with van der Waals surface area (Å²) in [5.41, 5.74) is 0.527. The third-order valence-electron chi connectivity index (χ3n) is 4.74. The first-order chi connectivity index (χ1) is 15.2. The van der Waals surface area contributed by atoms with Gasteiger partial charge in [0, 0.05) is 0 Å². The molecule has 0 aromatic heterocycles. The average molecular weight is 505 g/mol. The van der Waals surface area contributed by atoms with Crippen LogP contribution >= 0.6 is 24.0 Å². The maximum absolute atomic E-state index is 12.4. The number of methoxy groups -OCH3 is 1. The zero-order chi connectivity index (χ0) is 23.6. The lowest BCUT2D eigenvalue weighted by atomic mass is 9.99. The lowest BCUT2D eigenvalue weighted by Gasteiger charge is -2.39. The molecule has 12 nitrogen and oxygen atoms in total. The van der Waals surface area contributed by atoms with E-state index in [4.69, 9.17) is 31.5 Å². The maximum Gasteiger partial charge on any atom is 0.323 e. The quantitative estimate of drug-likeness (QED) is 0.202. The Morgan fingerprint density at radius 3 is 2.55 bits per heavy atom. The number of benzene rings is 1. The van der Waals surface area contributed by atoms with Crippen LogP contribution in [0.1, 0.15) is 5.56 Å². The minimum Gasteiger partial charge on any atom is -0.493 e. The van der Waals surface area contributed by atoms with Gasteiger partial charge in [0.05, 0.1) is 18.6 Å². The van der Waals surface area contributed by atoms with Crippen LogP contribution in [0.5, 0.6) is 11.5 Å². The van der Waals surface area contributed by atoms with Crippen molar-refractivity contribution in [2.45, 2.75) is 30.7 Å². The fourth-order valence-electron chi connectivity index (χ4n) is 3.08. The molecule has 0 saturated carbocycles. The van der Waals surface area contributed by atoms with Crippen LogP contribution in [0.3, 0.4) is 0 Å². The van der Waals surface area contributed by atoms with Gasteiger partial charge in [-0.05, 0) is 23.8 Å². The van der Waals surface area contributed by atoms with E-state index >= 15 is 0 Å². The molecule has 8 N–H and O–H groups in total. The molecule has 5 atom stereocenters. The normalized spacial score (nSPS) is 28.6. The summed E-state index contributed by atoms with van der Waals surface area (Å²) in [6, 6.07) is 4.58. The predicted octanol–water partition coefficient (Wildman–Crippen LogP) is -0.678. The van der Waals surface area contributed by atoms with Crippen molar-refractivity contribution in [3.05, 3.63) is 28.7 Å². The number of aliphatic carboxylic acids is 1. The lowest BCUT2D eigenvalue weighted by molar-refractivity contribution is -0.277. The van der Waals surface area contributed by atoms with E-state index in [0.29, 0.717) is 5.56 Å². The van der Waals surface area contributed by atoms with Crippen LogP contribution in [0.25, 0.3) is 6.08 Å².